The molecule has 2 atom stereocenters. The molecule has 9 nitrogen and oxygen atoms in total. The summed E-state index contributed by atoms with van der Waals surface area (Å²) >= 11 is 0. The molecule has 0 aromatic carbocycles. The number of hydrogen-bond acceptors (Lipinski definition) is 8. The summed E-state index contributed by atoms with van der Waals surface area (Å²) in [5.41, 5.74) is 5.41. The molecular weight excluding hydrogens is 1100 g/mol. The van der Waals surface area contributed by atoms with Gasteiger partial charge in [0, 0.05) is 19.4 Å². The molecule has 0 rings (SSSR count). The van der Waals surface area contributed by atoms with Gasteiger partial charge in [-0.25, -0.2) is 4.57 Å². The molecular formula is C77H140NO8P. The van der Waals surface area contributed by atoms with E-state index in [1.165, 1.54) is 257 Å². The lowest BCUT2D eigenvalue weighted by atomic mass is 10.0. The van der Waals surface area contributed by atoms with Gasteiger partial charge in [0.05, 0.1) is 13.2 Å². The Bertz CT molecular complexity index is 1700. The molecule has 0 spiro atoms. The fourth-order valence-corrected chi connectivity index (χ4v) is 11.6. The Morgan fingerprint density at radius 3 is 0.943 bits per heavy atom. The Balaban J connectivity index is 3.80. The summed E-state index contributed by atoms with van der Waals surface area (Å²) in [6.07, 6.45) is 97.0. The number of hydrogen-bond donors (Lipinski definition) is 2. The van der Waals surface area contributed by atoms with E-state index < -0.39 is 26.5 Å². The third kappa shape index (κ3) is 72.1. The van der Waals surface area contributed by atoms with Crippen LogP contribution in [0, 0.1) is 0 Å². The van der Waals surface area contributed by atoms with Crippen LogP contribution in [-0.4, -0.2) is 49.3 Å². The van der Waals surface area contributed by atoms with Gasteiger partial charge in [0.25, 0.3) is 0 Å². The maximum atomic E-state index is 12.8. The Hall–Kier alpha value is -2.81. The van der Waals surface area contributed by atoms with Crippen molar-refractivity contribution in [1.82, 2.24) is 0 Å². The van der Waals surface area contributed by atoms with Crippen LogP contribution in [0.3, 0.4) is 0 Å². The SMILES string of the molecule is CC/C=C\C/C=C\C/C=C\C/C=C\C/C=C\CCCCCCCCCCCCCCCCCCCCCCCCCC(=O)OC(COC(=O)CCCCCCCCCCCCCCCCC/C=C\C/C=C\CCCCCCC)COP(=O)(O)OCCN. The molecule has 0 aliphatic heterocycles. The number of phosphoric acid groups is 1. The third-order valence-corrected chi connectivity index (χ3v) is 17.2. The molecule has 10 heteroatoms. The van der Waals surface area contributed by atoms with E-state index in [1.54, 1.807) is 0 Å². The minimum atomic E-state index is -4.39. The molecule has 0 saturated heterocycles. The van der Waals surface area contributed by atoms with Crippen LogP contribution in [0.1, 0.15) is 361 Å². The van der Waals surface area contributed by atoms with Gasteiger partial charge < -0.3 is 20.1 Å². The number of phosphoric ester groups is 1. The van der Waals surface area contributed by atoms with E-state index in [2.05, 4.69) is 98.9 Å². The monoisotopic (exact) mass is 1240 g/mol. The zero-order chi connectivity index (χ0) is 63.0. The highest BCUT2D eigenvalue weighted by molar-refractivity contribution is 7.47. The van der Waals surface area contributed by atoms with Crippen LogP contribution >= 0.6 is 7.82 Å². The molecule has 0 aromatic rings. The molecule has 0 bridgehead atoms. The lowest BCUT2D eigenvalue weighted by molar-refractivity contribution is -0.161. The van der Waals surface area contributed by atoms with Crippen molar-refractivity contribution < 1.29 is 37.6 Å². The number of unbranched alkanes of at least 4 members (excludes halogenated alkanes) is 43. The first-order valence-electron chi connectivity index (χ1n) is 37.1. The quantitative estimate of drug-likeness (QED) is 0.0264. The van der Waals surface area contributed by atoms with Gasteiger partial charge >= 0.3 is 19.8 Å². The Kier molecular flexibility index (Phi) is 69.9. The van der Waals surface area contributed by atoms with Crippen molar-refractivity contribution in [2.45, 2.75) is 367 Å². The normalized spacial score (nSPS) is 13.4. The van der Waals surface area contributed by atoms with Gasteiger partial charge in [-0.3, -0.25) is 18.6 Å². The van der Waals surface area contributed by atoms with Crippen LogP contribution in [0.4, 0.5) is 0 Å². The van der Waals surface area contributed by atoms with E-state index in [0.29, 0.717) is 6.42 Å². The lowest BCUT2D eigenvalue weighted by Crippen LogP contribution is -2.29. The molecule has 0 aliphatic carbocycles. The van der Waals surface area contributed by atoms with Crippen molar-refractivity contribution >= 4 is 19.8 Å². The largest absolute Gasteiger partial charge is 0.472 e. The highest BCUT2D eigenvalue weighted by Gasteiger charge is 2.26. The number of rotatable bonds is 70. The average molecular weight is 1240 g/mol. The van der Waals surface area contributed by atoms with E-state index in [9.17, 15) is 19.0 Å². The molecule has 2 unspecified atom stereocenters. The number of nitrogens with two attached hydrogens (primary N) is 1. The first kappa shape index (κ1) is 84.2. The summed E-state index contributed by atoms with van der Waals surface area (Å²) < 4.78 is 33.2. The zero-order valence-corrected chi connectivity index (χ0v) is 57.9. The van der Waals surface area contributed by atoms with Gasteiger partial charge in [-0.05, 0) is 89.9 Å². The third-order valence-electron chi connectivity index (χ3n) is 16.3. The topological polar surface area (TPSA) is 134 Å². The Morgan fingerprint density at radius 1 is 0.356 bits per heavy atom. The molecule has 0 saturated carbocycles. The van der Waals surface area contributed by atoms with Crippen LogP contribution in [0.5, 0.6) is 0 Å². The average Bonchev–Trinajstić information content (AvgIpc) is 3.64. The molecule has 0 aromatic heterocycles. The second kappa shape index (κ2) is 72.3. The summed E-state index contributed by atoms with van der Waals surface area (Å²) in [5.74, 6) is -0.811. The molecule has 0 radical (unpaired) electrons. The summed E-state index contributed by atoms with van der Waals surface area (Å²) in [6.45, 7) is 3.67. The van der Waals surface area contributed by atoms with Gasteiger partial charge in [0.15, 0.2) is 6.10 Å². The van der Waals surface area contributed by atoms with Crippen molar-refractivity contribution in [2.75, 3.05) is 26.4 Å². The van der Waals surface area contributed by atoms with Crippen LogP contribution in [0.15, 0.2) is 85.1 Å². The second-order valence-electron chi connectivity index (χ2n) is 24.8. The molecule has 506 valence electrons. The highest BCUT2D eigenvalue weighted by Crippen LogP contribution is 2.43. The van der Waals surface area contributed by atoms with Crippen LogP contribution in [-0.2, 0) is 32.7 Å². The summed E-state index contributed by atoms with van der Waals surface area (Å²) in [5, 5.41) is 0. The van der Waals surface area contributed by atoms with Crippen molar-refractivity contribution in [3.8, 4) is 0 Å². The molecule has 0 fully saturated rings. The van der Waals surface area contributed by atoms with Crippen LogP contribution in [0.2, 0.25) is 0 Å². The molecule has 3 N–H and O–H groups in total. The molecule has 0 heterocycles. The van der Waals surface area contributed by atoms with Gasteiger partial charge in [0.1, 0.15) is 6.61 Å². The highest BCUT2D eigenvalue weighted by atomic mass is 31.2. The lowest BCUT2D eigenvalue weighted by Gasteiger charge is -2.19. The fourth-order valence-electron chi connectivity index (χ4n) is 10.8. The predicted octanol–water partition coefficient (Wildman–Crippen LogP) is 24.5. The minimum absolute atomic E-state index is 0.0537. The van der Waals surface area contributed by atoms with Crippen molar-refractivity contribution in [1.29, 1.82) is 0 Å². The second-order valence-corrected chi connectivity index (χ2v) is 26.2. The maximum Gasteiger partial charge on any atom is 0.472 e. The predicted molar refractivity (Wildman–Crippen MR) is 376 cm³/mol. The smallest absolute Gasteiger partial charge is 0.462 e. The van der Waals surface area contributed by atoms with Crippen molar-refractivity contribution in [3.63, 3.8) is 0 Å². The summed E-state index contributed by atoms with van der Waals surface area (Å²) in [7, 11) is -4.39. The van der Waals surface area contributed by atoms with Crippen LogP contribution in [0.25, 0.3) is 0 Å². The standard InChI is InChI=1S/C77H140NO8P/c1-3-5-7-9-11-13-15-17-19-21-23-25-27-29-31-32-33-34-35-36-37-38-39-40-41-42-44-46-48-50-52-54-56-58-60-62-64-66-68-70-77(80)86-75(74-85-87(81,82)84-72-71-78)73-83-76(79)69-67-65-63-61-59-57-55-53-51-49-47-45-43-30-28-26-24-22-20-18-16-14-12-10-8-6-4-2/h5,7,11,13,16-19,22-25,29,31,75H,3-4,6,8-10,12,14-15,20-21,26-28,30,32-74,78H2,1-2H3,(H,81,82)/b7-5-,13-11-,18-16-,19-17-,24-22-,25-23-,31-29-. The van der Waals surface area contributed by atoms with Gasteiger partial charge in [0.2, 0.25) is 0 Å². The minimum Gasteiger partial charge on any atom is -0.462 e. The van der Waals surface area contributed by atoms with Gasteiger partial charge in [-0.2, -0.15) is 0 Å². The Labute approximate surface area is 538 Å². The number of carbonyl (C=O) groups excluding carboxylic acids is 2. The first-order valence-corrected chi connectivity index (χ1v) is 38.6. The molecule has 0 aliphatic rings. The number of carbonyl (C=O) groups is 2. The maximum absolute atomic E-state index is 12.8. The molecule has 0 amide bonds. The number of ether oxygens (including phenoxy) is 2. The fraction of sp³-hybridized carbons (Fsp3) is 0.792. The van der Waals surface area contributed by atoms with E-state index in [-0.39, 0.29) is 38.6 Å². The first-order chi connectivity index (χ1) is 42.8. The van der Waals surface area contributed by atoms with Gasteiger partial charge in [-0.1, -0.05) is 343 Å². The van der Waals surface area contributed by atoms with Crippen LogP contribution < -0.4 is 5.73 Å². The van der Waals surface area contributed by atoms with Crippen molar-refractivity contribution in [3.05, 3.63) is 85.1 Å². The summed E-state index contributed by atoms with van der Waals surface area (Å²) in [6, 6.07) is 0. The van der Waals surface area contributed by atoms with Crippen molar-refractivity contribution in [2.24, 2.45) is 5.73 Å². The van der Waals surface area contributed by atoms with E-state index in [4.69, 9.17) is 24.3 Å². The number of esters is 2. The summed E-state index contributed by atoms with van der Waals surface area (Å²) in [4.78, 5) is 35.4. The molecule has 87 heavy (non-hydrogen) atoms. The van der Waals surface area contributed by atoms with E-state index >= 15 is 0 Å². The zero-order valence-electron chi connectivity index (χ0n) is 57.0. The Morgan fingerprint density at radius 2 is 0.632 bits per heavy atom. The number of allylic oxidation sites excluding steroid dienone is 14. The van der Waals surface area contributed by atoms with E-state index in [0.717, 1.165) is 70.6 Å². The van der Waals surface area contributed by atoms with E-state index in [1.807, 2.05) is 0 Å². The van der Waals surface area contributed by atoms with Gasteiger partial charge in [-0.15, -0.1) is 0 Å².